The monoisotopic (exact) mass is 306 g/mol. The van der Waals surface area contributed by atoms with Crippen molar-refractivity contribution in [3.8, 4) is 5.75 Å². The van der Waals surface area contributed by atoms with E-state index < -0.39 is 0 Å². The fraction of sp³-hybridized carbons (Fsp3) is 0.625. The van der Waals surface area contributed by atoms with Crippen molar-refractivity contribution in [1.29, 1.82) is 0 Å². The molecule has 120 valence electrons. The second-order valence-electron chi connectivity index (χ2n) is 5.90. The first-order valence-corrected chi connectivity index (χ1v) is 7.89. The maximum atomic E-state index is 11.1. The van der Waals surface area contributed by atoms with E-state index in [0.717, 1.165) is 49.7 Å². The Kier molecular flexibility index (Phi) is 4.90. The molecule has 6 nitrogen and oxygen atoms in total. The van der Waals surface area contributed by atoms with Crippen molar-refractivity contribution in [2.24, 2.45) is 0 Å². The highest BCUT2D eigenvalue weighted by molar-refractivity contribution is 5.51. The highest BCUT2D eigenvalue weighted by Gasteiger charge is 2.29. The molecule has 2 heterocycles. The Morgan fingerprint density at radius 3 is 2.82 bits per heavy atom. The summed E-state index contributed by atoms with van der Waals surface area (Å²) < 4.78 is 11.7. The quantitative estimate of drug-likeness (QED) is 0.768. The molecule has 2 fully saturated rings. The van der Waals surface area contributed by atoms with Gasteiger partial charge < -0.3 is 14.4 Å². The van der Waals surface area contributed by atoms with Gasteiger partial charge in [-0.2, -0.15) is 0 Å². The zero-order valence-electron chi connectivity index (χ0n) is 13.1. The normalized spacial score (nSPS) is 23.0. The lowest BCUT2D eigenvalue weighted by Gasteiger charge is -2.36. The third-order valence-electron chi connectivity index (χ3n) is 4.42. The molecule has 0 aromatic heterocycles. The van der Waals surface area contributed by atoms with Crippen LogP contribution < -0.4 is 9.64 Å². The molecule has 0 aliphatic carbocycles. The number of ether oxygens (including phenoxy) is 2. The zero-order valence-corrected chi connectivity index (χ0v) is 13.1. The first-order valence-electron chi connectivity index (χ1n) is 7.89. The molecule has 6 heteroatoms. The van der Waals surface area contributed by atoms with Crippen LogP contribution in [0.1, 0.15) is 6.42 Å². The van der Waals surface area contributed by atoms with Crippen molar-refractivity contribution < 1.29 is 14.2 Å². The van der Waals surface area contributed by atoms with Crippen LogP contribution in [0.15, 0.2) is 24.3 Å². The van der Waals surface area contributed by atoms with Crippen molar-refractivity contribution >= 4 is 5.69 Å². The van der Waals surface area contributed by atoms with E-state index in [4.69, 9.17) is 9.47 Å². The third-order valence-corrected chi connectivity index (χ3v) is 4.42. The Hall–Kier alpha value is -1.66. The predicted octanol–water partition coefficient (Wildman–Crippen LogP) is 1.34. The Morgan fingerprint density at radius 1 is 1.32 bits per heavy atom. The number of hydrogen-bond acceptors (Lipinski definition) is 5. The maximum Gasteiger partial charge on any atom is 0.296 e. The van der Waals surface area contributed by atoms with E-state index in [2.05, 4.69) is 21.9 Å². The van der Waals surface area contributed by atoms with Gasteiger partial charge in [-0.05, 0) is 18.6 Å². The smallest absolute Gasteiger partial charge is 0.296 e. The summed E-state index contributed by atoms with van der Waals surface area (Å²) in [5, 5.41) is 0. The average Bonchev–Trinajstić information content (AvgIpc) is 2.99. The molecule has 0 bridgehead atoms. The highest BCUT2D eigenvalue weighted by atomic mass is 16.5. The predicted molar refractivity (Wildman–Crippen MR) is 84.5 cm³/mol. The molecule has 2 saturated heterocycles. The Balaban J connectivity index is 1.44. The van der Waals surface area contributed by atoms with E-state index in [0.29, 0.717) is 6.54 Å². The van der Waals surface area contributed by atoms with Crippen molar-refractivity contribution in [2.75, 3.05) is 58.0 Å². The molecule has 1 aromatic rings. The summed E-state index contributed by atoms with van der Waals surface area (Å²) in [4.78, 5) is 16.0. The number of rotatable bonds is 5. The summed E-state index contributed by atoms with van der Waals surface area (Å²) in [5.74, 6) is 0.903. The van der Waals surface area contributed by atoms with Crippen LogP contribution in [0.2, 0.25) is 0 Å². The minimum absolute atomic E-state index is 0.105. The van der Waals surface area contributed by atoms with Gasteiger partial charge in [-0.15, -0.1) is 0 Å². The lowest BCUT2D eigenvalue weighted by Crippen LogP contribution is -2.47. The Bertz CT molecular complexity index is 515. The fourth-order valence-corrected chi connectivity index (χ4v) is 3.06. The van der Waals surface area contributed by atoms with Crippen LogP contribution in [-0.2, 0) is 4.74 Å². The molecule has 0 saturated carbocycles. The summed E-state index contributed by atoms with van der Waals surface area (Å²) in [7, 11) is 1.70. The van der Waals surface area contributed by atoms with Crippen molar-refractivity contribution in [1.82, 2.24) is 4.90 Å². The van der Waals surface area contributed by atoms with Crippen molar-refractivity contribution in [2.45, 2.75) is 12.5 Å². The van der Waals surface area contributed by atoms with Crippen LogP contribution in [0.3, 0.4) is 0 Å². The van der Waals surface area contributed by atoms with Crippen molar-refractivity contribution in [3.63, 3.8) is 0 Å². The SMILES string of the molecule is COc1cccc(N2CCN(CCC3C[N+](=O)CO3)CC2)c1. The van der Waals surface area contributed by atoms with Gasteiger partial charge in [-0.25, -0.2) is 0 Å². The molecule has 0 spiro atoms. The van der Waals surface area contributed by atoms with Crippen LogP contribution in [0.5, 0.6) is 5.75 Å². The number of piperazine rings is 1. The molecular weight excluding hydrogens is 282 g/mol. The number of nitrogens with zero attached hydrogens (tertiary/aromatic N) is 3. The molecule has 2 aliphatic rings. The molecule has 0 radical (unpaired) electrons. The average molecular weight is 306 g/mol. The van der Waals surface area contributed by atoms with Gasteiger partial charge in [-0.3, -0.25) is 4.90 Å². The fourth-order valence-electron chi connectivity index (χ4n) is 3.06. The summed E-state index contributed by atoms with van der Waals surface area (Å²) in [6.45, 7) is 5.89. The minimum atomic E-state index is 0.105. The van der Waals surface area contributed by atoms with E-state index >= 15 is 0 Å². The number of benzene rings is 1. The first kappa shape index (κ1) is 15.2. The zero-order chi connectivity index (χ0) is 15.4. The summed E-state index contributed by atoms with van der Waals surface area (Å²) >= 11 is 0. The molecule has 2 aliphatic heterocycles. The molecular formula is C16H24N3O3+. The van der Waals surface area contributed by atoms with Gasteiger partial charge in [0.2, 0.25) is 6.54 Å². The molecule has 22 heavy (non-hydrogen) atoms. The highest BCUT2D eigenvalue weighted by Crippen LogP contribution is 2.22. The summed E-state index contributed by atoms with van der Waals surface area (Å²) in [5.41, 5.74) is 1.22. The third kappa shape index (κ3) is 3.75. The summed E-state index contributed by atoms with van der Waals surface area (Å²) in [6, 6.07) is 8.23. The van der Waals surface area contributed by atoms with Crippen LogP contribution in [0, 0.1) is 4.91 Å². The summed E-state index contributed by atoms with van der Waals surface area (Å²) in [6.07, 6.45) is 1.05. The molecule has 1 unspecified atom stereocenters. The number of hydrogen-bond donors (Lipinski definition) is 0. The van der Waals surface area contributed by atoms with Gasteiger partial charge in [0.1, 0.15) is 11.9 Å². The molecule has 0 amide bonds. The maximum absolute atomic E-state index is 11.1. The van der Waals surface area contributed by atoms with Crippen LogP contribution in [-0.4, -0.2) is 68.9 Å². The van der Waals surface area contributed by atoms with Crippen LogP contribution in [0.4, 0.5) is 5.69 Å². The second kappa shape index (κ2) is 7.07. The molecule has 1 aromatic carbocycles. The molecule has 0 N–H and O–H groups in total. The van der Waals surface area contributed by atoms with E-state index in [-0.39, 0.29) is 12.8 Å². The minimum Gasteiger partial charge on any atom is -0.497 e. The van der Waals surface area contributed by atoms with E-state index in [1.807, 2.05) is 12.1 Å². The number of nitroso groups, excluding NO2 is 1. The van der Waals surface area contributed by atoms with Gasteiger partial charge in [0.15, 0.2) is 0 Å². The van der Waals surface area contributed by atoms with Gasteiger partial charge in [0.05, 0.1) is 7.11 Å². The van der Waals surface area contributed by atoms with E-state index in [1.165, 1.54) is 5.69 Å². The Labute approximate surface area is 131 Å². The van der Waals surface area contributed by atoms with Crippen LogP contribution in [0.25, 0.3) is 0 Å². The lowest BCUT2D eigenvalue weighted by molar-refractivity contribution is -0.545. The number of methoxy groups -OCH3 is 1. The second-order valence-corrected chi connectivity index (χ2v) is 5.90. The van der Waals surface area contributed by atoms with Gasteiger partial charge in [0, 0.05) is 54.1 Å². The van der Waals surface area contributed by atoms with Gasteiger partial charge in [-0.1, -0.05) is 6.07 Å². The Morgan fingerprint density at radius 2 is 2.14 bits per heavy atom. The van der Waals surface area contributed by atoms with E-state index in [9.17, 15) is 4.91 Å². The van der Waals surface area contributed by atoms with Crippen molar-refractivity contribution in [3.05, 3.63) is 29.2 Å². The largest absolute Gasteiger partial charge is 0.497 e. The molecule has 3 rings (SSSR count). The first-order chi connectivity index (χ1) is 10.7. The molecule has 1 atom stereocenters. The van der Waals surface area contributed by atoms with E-state index in [1.54, 1.807) is 7.11 Å². The van der Waals surface area contributed by atoms with Gasteiger partial charge >= 0.3 is 0 Å². The van der Waals surface area contributed by atoms with Crippen LogP contribution >= 0.6 is 0 Å². The number of anilines is 1. The topological polar surface area (TPSA) is 45.0 Å². The standard InChI is InChI=1S/C16H24N3O3/c1-21-15-4-2-3-14(11-15)18-9-7-17(8-10-18)6-5-16-12-19(20)13-22-16/h2-4,11,16H,5-10,12-13H2,1H3/q+1. The van der Waals surface area contributed by atoms with Gasteiger partial charge in [0.25, 0.3) is 6.73 Å². The lowest BCUT2D eigenvalue weighted by atomic mass is 10.2.